The SMILES string of the molecule is CCCCCCCCCCCCCCCCCCCC(=O)O[C@@H](COC(=O)CCCCCCCCCCCCCCC)COC(=O)CCCCCCCCCCC(C)CC. The second kappa shape index (κ2) is 48.4. The van der Waals surface area contributed by atoms with Crippen LogP contribution in [0.2, 0.25) is 0 Å². The molecule has 6 heteroatoms. The molecule has 0 aromatic carbocycles. The smallest absolute Gasteiger partial charge is 0.306 e. The lowest BCUT2D eigenvalue weighted by molar-refractivity contribution is -0.167. The molecule has 0 aliphatic heterocycles. The zero-order valence-corrected chi connectivity index (χ0v) is 40.9. The minimum absolute atomic E-state index is 0.0628. The van der Waals surface area contributed by atoms with Crippen molar-refractivity contribution in [1.82, 2.24) is 0 Å². The van der Waals surface area contributed by atoms with Crippen molar-refractivity contribution in [3.05, 3.63) is 0 Å². The first-order chi connectivity index (χ1) is 29.4. The second-order valence-corrected chi connectivity index (χ2v) is 18.8. The first kappa shape index (κ1) is 58.4. The van der Waals surface area contributed by atoms with Gasteiger partial charge >= 0.3 is 17.9 Å². The summed E-state index contributed by atoms with van der Waals surface area (Å²) in [7, 11) is 0. The quantitative estimate of drug-likeness (QED) is 0.0345. The molecular formula is C54H104O6. The third-order valence-electron chi connectivity index (χ3n) is 12.7. The molecule has 0 heterocycles. The highest BCUT2D eigenvalue weighted by Crippen LogP contribution is 2.18. The average Bonchev–Trinajstić information content (AvgIpc) is 3.25. The number of rotatable bonds is 49. The van der Waals surface area contributed by atoms with E-state index in [0.717, 1.165) is 63.7 Å². The number of esters is 3. The number of ether oxygens (including phenoxy) is 3. The van der Waals surface area contributed by atoms with Gasteiger partial charge < -0.3 is 14.2 Å². The molecule has 0 bridgehead atoms. The van der Waals surface area contributed by atoms with Crippen LogP contribution in [0.4, 0.5) is 0 Å². The Balaban J connectivity index is 4.30. The molecule has 0 amide bonds. The molecule has 60 heavy (non-hydrogen) atoms. The largest absolute Gasteiger partial charge is 0.462 e. The molecule has 0 saturated carbocycles. The fourth-order valence-corrected chi connectivity index (χ4v) is 8.19. The lowest BCUT2D eigenvalue weighted by Gasteiger charge is -2.18. The Kier molecular flexibility index (Phi) is 47.2. The van der Waals surface area contributed by atoms with Gasteiger partial charge in [0.25, 0.3) is 0 Å². The van der Waals surface area contributed by atoms with E-state index in [1.165, 1.54) is 199 Å². The highest BCUT2D eigenvalue weighted by molar-refractivity contribution is 5.71. The van der Waals surface area contributed by atoms with Crippen molar-refractivity contribution in [3.8, 4) is 0 Å². The summed E-state index contributed by atoms with van der Waals surface area (Å²) in [6.07, 6.45) is 50.8. The standard InChI is InChI=1S/C54H104O6/c1-5-8-10-12-14-16-18-20-21-22-23-25-27-29-35-39-43-47-54(57)60-51(49-59-53(56)46-42-38-34-31-30-32-36-40-44-50(4)7-3)48-58-52(55)45-41-37-33-28-26-24-19-17-15-13-11-9-6-2/h50-51H,5-49H2,1-4H3/t50?,51-/m0/s1. The van der Waals surface area contributed by atoms with Gasteiger partial charge in [-0.15, -0.1) is 0 Å². The molecule has 0 spiro atoms. The lowest BCUT2D eigenvalue weighted by Crippen LogP contribution is -2.30. The zero-order valence-electron chi connectivity index (χ0n) is 40.9. The van der Waals surface area contributed by atoms with E-state index in [4.69, 9.17) is 14.2 Å². The van der Waals surface area contributed by atoms with Crippen molar-refractivity contribution in [2.45, 2.75) is 310 Å². The first-order valence-electron chi connectivity index (χ1n) is 26.9. The molecule has 0 aliphatic rings. The molecule has 0 N–H and O–H groups in total. The van der Waals surface area contributed by atoms with E-state index in [9.17, 15) is 14.4 Å². The maximum atomic E-state index is 12.8. The van der Waals surface area contributed by atoms with Gasteiger partial charge in [-0.3, -0.25) is 14.4 Å². The highest BCUT2D eigenvalue weighted by Gasteiger charge is 2.19. The summed E-state index contributed by atoms with van der Waals surface area (Å²) in [4.78, 5) is 38.0. The Morgan fingerprint density at radius 1 is 0.333 bits per heavy atom. The highest BCUT2D eigenvalue weighted by atomic mass is 16.6. The predicted molar refractivity (Wildman–Crippen MR) is 257 cm³/mol. The third kappa shape index (κ3) is 45.9. The molecule has 0 aromatic rings. The van der Waals surface area contributed by atoms with Gasteiger partial charge in [0.1, 0.15) is 13.2 Å². The monoisotopic (exact) mass is 849 g/mol. The van der Waals surface area contributed by atoms with E-state index in [1.54, 1.807) is 0 Å². The summed E-state index contributed by atoms with van der Waals surface area (Å²) >= 11 is 0. The summed E-state index contributed by atoms with van der Waals surface area (Å²) in [5.74, 6) is 0.00503. The van der Waals surface area contributed by atoms with Crippen molar-refractivity contribution in [2.24, 2.45) is 5.92 Å². The zero-order chi connectivity index (χ0) is 43.8. The van der Waals surface area contributed by atoms with E-state index in [0.29, 0.717) is 19.3 Å². The van der Waals surface area contributed by atoms with Gasteiger partial charge in [0, 0.05) is 19.3 Å². The Hall–Kier alpha value is -1.59. The van der Waals surface area contributed by atoms with Gasteiger partial charge in [-0.1, -0.05) is 265 Å². The van der Waals surface area contributed by atoms with E-state index in [-0.39, 0.29) is 31.1 Å². The maximum absolute atomic E-state index is 12.8. The van der Waals surface area contributed by atoms with Crippen LogP contribution in [0.25, 0.3) is 0 Å². The van der Waals surface area contributed by atoms with E-state index < -0.39 is 6.10 Å². The predicted octanol–water partition coefficient (Wildman–Crippen LogP) is 17.5. The number of unbranched alkanes of at least 4 members (excludes halogenated alkanes) is 35. The summed E-state index contributed by atoms with van der Waals surface area (Å²) in [5.41, 5.74) is 0. The van der Waals surface area contributed by atoms with Crippen molar-refractivity contribution in [3.63, 3.8) is 0 Å². The molecule has 0 radical (unpaired) electrons. The Labute approximate surface area is 374 Å². The van der Waals surface area contributed by atoms with Crippen molar-refractivity contribution in [1.29, 1.82) is 0 Å². The van der Waals surface area contributed by atoms with Crippen molar-refractivity contribution < 1.29 is 28.6 Å². The van der Waals surface area contributed by atoms with Gasteiger partial charge in [-0.25, -0.2) is 0 Å². The fourth-order valence-electron chi connectivity index (χ4n) is 8.19. The van der Waals surface area contributed by atoms with Crippen LogP contribution in [0.15, 0.2) is 0 Å². The molecule has 6 nitrogen and oxygen atoms in total. The second-order valence-electron chi connectivity index (χ2n) is 18.8. The van der Waals surface area contributed by atoms with Crippen LogP contribution in [-0.4, -0.2) is 37.2 Å². The van der Waals surface area contributed by atoms with Crippen LogP contribution in [-0.2, 0) is 28.6 Å². The molecule has 0 aromatic heterocycles. The molecule has 356 valence electrons. The normalized spacial score (nSPS) is 12.4. The molecule has 0 fully saturated rings. The van der Waals surface area contributed by atoms with E-state index >= 15 is 0 Å². The Morgan fingerprint density at radius 3 is 0.867 bits per heavy atom. The number of hydrogen-bond donors (Lipinski definition) is 0. The molecule has 0 saturated heterocycles. The van der Waals surface area contributed by atoms with Crippen LogP contribution < -0.4 is 0 Å². The van der Waals surface area contributed by atoms with Crippen molar-refractivity contribution in [2.75, 3.05) is 13.2 Å². The van der Waals surface area contributed by atoms with Gasteiger partial charge in [-0.2, -0.15) is 0 Å². The van der Waals surface area contributed by atoms with Gasteiger partial charge in [0.2, 0.25) is 0 Å². The van der Waals surface area contributed by atoms with E-state index in [1.807, 2.05) is 0 Å². The fraction of sp³-hybridized carbons (Fsp3) is 0.944. The maximum Gasteiger partial charge on any atom is 0.306 e. The van der Waals surface area contributed by atoms with Gasteiger partial charge in [-0.05, 0) is 25.2 Å². The topological polar surface area (TPSA) is 78.9 Å². The molecule has 2 atom stereocenters. The summed E-state index contributed by atoms with van der Waals surface area (Å²) in [5, 5.41) is 0. The summed E-state index contributed by atoms with van der Waals surface area (Å²) < 4.78 is 16.8. The molecule has 1 unspecified atom stereocenters. The average molecular weight is 849 g/mol. The number of carbonyl (C=O) groups excluding carboxylic acids is 3. The van der Waals surface area contributed by atoms with Crippen LogP contribution in [0, 0.1) is 5.92 Å². The van der Waals surface area contributed by atoms with Crippen LogP contribution in [0.1, 0.15) is 304 Å². The van der Waals surface area contributed by atoms with Gasteiger partial charge in [0.15, 0.2) is 6.10 Å². The number of carbonyl (C=O) groups is 3. The van der Waals surface area contributed by atoms with Crippen molar-refractivity contribution >= 4 is 17.9 Å². The van der Waals surface area contributed by atoms with Crippen LogP contribution >= 0.6 is 0 Å². The van der Waals surface area contributed by atoms with Crippen LogP contribution in [0.5, 0.6) is 0 Å². The third-order valence-corrected chi connectivity index (χ3v) is 12.7. The summed E-state index contributed by atoms with van der Waals surface area (Å²) in [6.45, 7) is 9.04. The first-order valence-corrected chi connectivity index (χ1v) is 26.9. The minimum Gasteiger partial charge on any atom is -0.462 e. The Morgan fingerprint density at radius 2 is 0.583 bits per heavy atom. The van der Waals surface area contributed by atoms with Gasteiger partial charge in [0.05, 0.1) is 0 Å². The summed E-state index contributed by atoms with van der Waals surface area (Å²) in [6, 6.07) is 0. The molecular weight excluding hydrogens is 745 g/mol. The van der Waals surface area contributed by atoms with Crippen LogP contribution in [0.3, 0.4) is 0 Å². The van der Waals surface area contributed by atoms with E-state index in [2.05, 4.69) is 27.7 Å². The number of hydrogen-bond acceptors (Lipinski definition) is 6. The minimum atomic E-state index is -0.761. The molecule has 0 aliphatic carbocycles. The molecule has 0 rings (SSSR count). The Bertz CT molecular complexity index is 905. The lowest BCUT2D eigenvalue weighted by atomic mass is 9.99.